The summed E-state index contributed by atoms with van der Waals surface area (Å²) in [5.74, 6) is 1.58. The molecule has 8 aromatic rings. The molecule has 2 aromatic carbocycles. The molecule has 0 fully saturated rings. The summed E-state index contributed by atoms with van der Waals surface area (Å²) in [6, 6.07) is 40.0. The zero-order valence-corrected chi connectivity index (χ0v) is 28.1. The minimum absolute atomic E-state index is 0.423. The first-order valence-corrected chi connectivity index (χ1v) is 16.8. The lowest BCUT2D eigenvalue weighted by Gasteiger charge is -2.10. The van der Waals surface area contributed by atoms with Crippen LogP contribution in [0.4, 0.5) is 0 Å². The molecule has 6 heterocycles. The van der Waals surface area contributed by atoms with Gasteiger partial charge in [0.05, 0.1) is 22.8 Å². The summed E-state index contributed by atoms with van der Waals surface area (Å²) in [4.78, 5) is 26.8. The third kappa shape index (κ3) is 7.72. The Morgan fingerprint density at radius 2 is 0.692 bits per heavy atom. The number of ether oxygens (including phenoxy) is 2. The van der Waals surface area contributed by atoms with Crippen LogP contribution < -0.4 is 9.47 Å². The van der Waals surface area contributed by atoms with E-state index in [4.69, 9.17) is 9.47 Å². The van der Waals surface area contributed by atoms with Crippen molar-refractivity contribution in [3.8, 4) is 67.7 Å². The number of benzene rings is 2. The lowest BCUT2D eigenvalue weighted by molar-refractivity contribution is 0.305. The third-order valence-electron chi connectivity index (χ3n) is 8.54. The second-order valence-corrected chi connectivity index (χ2v) is 12.1. The molecule has 0 aliphatic heterocycles. The molecule has 6 aromatic heterocycles. The average molecular weight is 677 g/mol. The largest absolute Gasteiger partial charge is 0.489 e. The van der Waals surface area contributed by atoms with Crippen molar-refractivity contribution in [2.45, 2.75) is 13.2 Å². The Labute approximate surface area is 301 Å². The molecule has 0 saturated heterocycles. The second kappa shape index (κ2) is 15.2. The maximum Gasteiger partial charge on any atom is 0.119 e. The van der Waals surface area contributed by atoms with E-state index in [0.29, 0.717) is 13.2 Å². The Morgan fingerprint density at radius 1 is 0.327 bits per heavy atom. The van der Waals surface area contributed by atoms with Crippen LogP contribution in [0.1, 0.15) is 11.1 Å². The molecule has 0 spiro atoms. The maximum atomic E-state index is 6.05. The average Bonchev–Trinajstić information content (AvgIpc) is 3.24. The Balaban J connectivity index is 0.810. The van der Waals surface area contributed by atoms with E-state index in [2.05, 4.69) is 54.2 Å². The summed E-state index contributed by atoms with van der Waals surface area (Å²) in [6.07, 6.45) is 14.5. The fourth-order valence-corrected chi connectivity index (χ4v) is 5.64. The van der Waals surface area contributed by atoms with E-state index >= 15 is 0 Å². The van der Waals surface area contributed by atoms with Gasteiger partial charge in [0.15, 0.2) is 0 Å². The Hall–Kier alpha value is -7.06. The van der Waals surface area contributed by atoms with Gasteiger partial charge in [0.25, 0.3) is 0 Å². The minimum Gasteiger partial charge on any atom is -0.489 e. The van der Waals surface area contributed by atoms with Gasteiger partial charge in [-0.1, -0.05) is 36.4 Å². The quantitative estimate of drug-likeness (QED) is 0.134. The molecule has 8 heteroatoms. The Bertz CT molecular complexity index is 2160. The van der Waals surface area contributed by atoms with Crippen molar-refractivity contribution in [2.75, 3.05) is 0 Å². The van der Waals surface area contributed by atoms with Crippen molar-refractivity contribution >= 4 is 0 Å². The third-order valence-corrected chi connectivity index (χ3v) is 8.54. The second-order valence-electron chi connectivity index (χ2n) is 12.1. The van der Waals surface area contributed by atoms with Crippen LogP contribution in [0.25, 0.3) is 56.2 Å². The molecular weight excluding hydrogens is 645 g/mol. The van der Waals surface area contributed by atoms with Gasteiger partial charge in [-0.05, 0) is 96.1 Å². The molecule has 0 N–H and O–H groups in total. The van der Waals surface area contributed by atoms with Crippen LogP contribution in [0, 0.1) is 0 Å². The molecule has 0 unspecified atom stereocenters. The van der Waals surface area contributed by atoms with Gasteiger partial charge in [-0.25, -0.2) is 0 Å². The fourth-order valence-electron chi connectivity index (χ4n) is 5.64. The normalized spacial score (nSPS) is 10.8. The Kier molecular flexibility index (Phi) is 9.42. The summed E-state index contributed by atoms with van der Waals surface area (Å²) in [7, 11) is 0. The molecule has 0 aliphatic rings. The predicted molar refractivity (Wildman–Crippen MR) is 202 cm³/mol. The fraction of sp³-hybridized carbons (Fsp3) is 0.0455. The van der Waals surface area contributed by atoms with Crippen molar-refractivity contribution in [3.63, 3.8) is 0 Å². The topological polar surface area (TPSA) is 95.8 Å². The monoisotopic (exact) mass is 676 g/mol. The minimum atomic E-state index is 0.423. The summed E-state index contributed by atoms with van der Waals surface area (Å²) >= 11 is 0. The van der Waals surface area contributed by atoms with Crippen molar-refractivity contribution in [3.05, 3.63) is 182 Å². The van der Waals surface area contributed by atoms with E-state index in [-0.39, 0.29) is 0 Å². The van der Waals surface area contributed by atoms with Crippen LogP contribution in [0.5, 0.6) is 11.5 Å². The van der Waals surface area contributed by atoms with Gasteiger partial charge < -0.3 is 9.47 Å². The molecule has 52 heavy (non-hydrogen) atoms. The van der Waals surface area contributed by atoms with Gasteiger partial charge in [-0.2, -0.15) is 0 Å². The first-order valence-electron chi connectivity index (χ1n) is 16.8. The standard InChI is InChI=1S/C44H32N6O2/c1-3-35(25-45-21-1)43-19-11-37(27-49-43)41-17-5-31(23-47-41)29-51-39-13-7-33(8-14-39)34-9-15-40(16-10-34)52-30-32-6-18-42(48-24-32)38-12-20-44(50-28-38)36-4-2-22-46-26-36/h1-28H,29-30H2. The summed E-state index contributed by atoms with van der Waals surface area (Å²) < 4.78 is 12.1. The molecule has 0 aliphatic carbocycles. The number of rotatable bonds is 11. The molecule has 0 amide bonds. The summed E-state index contributed by atoms with van der Waals surface area (Å²) in [5.41, 5.74) is 11.5. The van der Waals surface area contributed by atoms with Crippen LogP contribution in [0.3, 0.4) is 0 Å². The van der Waals surface area contributed by atoms with Crippen LogP contribution in [0.15, 0.2) is 171 Å². The number of pyridine rings is 6. The zero-order valence-electron chi connectivity index (χ0n) is 28.1. The Morgan fingerprint density at radius 3 is 1.02 bits per heavy atom. The smallest absolute Gasteiger partial charge is 0.119 e. The highest BCUT2D eigenvalue weighted by Crippen LogP contribution is 2.27. The van der Waals surface area contributed by atoms with Crippen molar-refractivity contribution < 1.29 is 9.47 Å². The van der Waals surface area contributed by atoms with E-state index in [1.54, 1.807) is 24.8 Å². The van der Waals surface area contributed by atoms with Gasteiger partial charge in [0.1, 0.15) is 24.7 Å². The van der Waals surface area contributed by atoms with Crippen molar-refractivity contribution in [1.82, 2.24) is 29.9 Å². The first-order chi connectivity index (χ1) is 25.7. The van der Waals surface area contributed by atoms with E-state index < -0.39 is 0 Å². The molecule has 0 bridgehead atoms. The van der Waals surface area contributed by atoms with Gasteiger partial charge >= 0.3 is 0 Å². The van der Waals surface area contributed by atoms with Crippen molar-refractivity contribution in [1.29, 1.82) is 0 Å². The van der Waals surface area contributed by atoms with Crippen LogP contribution >= 0.6 is 0 Å². The molecule has 250 valence electrons. The van der Waals surface area contributed by atoms with Gasteiger partial charge in [-0.3, -0.25) is 29.9 Å². The molecular formula is C44H32N6O2. The van der Waals surface area contributed by atoms with Crippen LogP contribution in [0.2, 0.25) is 0 Å². The molecule has 0 saturated carbocycles. The van der Waals surface area contributed by atoms with E-state index in [1.165, 1.54) is 0 Å². The number of nitrogens with zero attached hydrogens (tertiary/aromatic N) is 6. The lowest BCUT2D eigenvalue weighted by atomic mass is 10.1. The van der Waals surface area contributed by atoms with Crippen molar-refractivity contribution in [2.24, 2.45) is 0 Å². The SMILES string of the molecule is c1cncc(-c2ccc(-c3ccc(COc4ccc(-c5ccc(OCc6ccc(-c7ccc(-c8cccnc8)nc7)nc6)cc5)cc4)cn3)cn2)c1. The summed E-state index contributed by atoms with van der Waals surface area (Å²) in [6.45, 7) is 0.846. The van der Waals surface area contributed by atoms with E-state index in [0.717, 1.165) is 78.8 Å². The highest BCUT2D eigenvalue weighted by molar-refractivity contribution is 5.66. The van der Waals surface area contributed by atoms with Crippen LogP contribution in [-0.2, 0) is 13.2 Å². The number of hydrogen-bond acceptors (Lipinski definition) is 8. The zero-order chi connectivity index (χ0) is 35.0. The van der Waals surface area contributed by atoms with Gasteiger partial charge in [0.2, 0.25) is 0 Å². The lowest BCUT2D eigenvalue weighted by Crippen LogP contribution is -1.97. The van der Waals surface area contributed by atoms with Gasteiger partial charge in [-0.15, -0.1) is 0 Å². The van der Waals surface area contributed by atoms with E-state index in [9.17, 15) is 0 Å². The first kappa shape index (κ1) is 32.2. The number of aromatic nitrogens is 6. The molecule has 0 radical (unpaired) electrons. The molecule has 8 nitrogen and oxygen atoms in total. The van der Waals surface area contributed by atoms with Gasteiger partial charge in [0, 0.05) is 83.0 Å². The molecule has 0 atom stereocenters. The number of hydrogen-bond donors (Lipinski definition) is 0. The predicted octanol–water partition coefficient (Wildman–Crippen LogP) is 9.55. The highest BCUT2D eigenvalue weighted by atomic mass is 16.5. The maximum absolute atomic E-state index is 6.05. The summed E-state index contributed by atoms with van der Waals surface area (Å²) in [5, 5.41) is 0. The van der Waals surface area contributed by atoms with Crippen LogP contribution in [-0.4, -0.2) is 29.9 Å². The van der Waals surface area contributed by atoms with E-state index in [1.807, 2.05) is 122 Å². The highest BCUT2D eigenvalue weighted by Gasteiger charge is 2.07. The molecule has 8 rings (SSSR count).